The average molecular weight is 1250 g/mol. The van der Waals surface area contributed by atoms with Crippen LogP contribution in [0.2, 0.25) is 0 Å². The van der Waals surface area contributed by atoms with Gasteiger partial charge in [-0.05, 0) is 116 Å². The van der Waals surface area contributed by atoms with Crippen molar-refractivity contribution in [1.29, 1.82) is 0 Å². The Labute approximate surface area is 536 Å². The summed E-state index contributed by atoms with van der Waals surface area (Å²) in [6.45, 7) is 20.6. The van der Waals surface area contributed by atoms with Gasteiger partial charge in [0.05, 0.1) is 64.6 Å². The Hall–Kier alpha value is -4.10. The number of fused-ring (bicyclic) bond motifs is 3. The summed E-state index contributed by atoms with van der Waals surface area (Å²) >= 11 is 6.55. The Morgan fingerprint density at radius 2 is 0.709 bits per heavy atom. The predicted molar refractivity (Wildman–Crippen MR) is 372 cm³/mol. The zero-order valence-corrected chi connectivity index (χ0v) is 57.7. The van der Waals surface area contributed by atoms with Gasteiger partial charge in [0.25, 0.3) is 23.6 Å². The van der Waals surface area contributed by atoms with Crippen LogP contribution in [0.3, 0.4) is 0 Å². The van der Waals surface area contributed by atoms with E-state index < -0.39 is 0 Å². The molecular weight excluding hydrogens is 1140 g/mol. The van der Waals surface area contributed by atoms with E-state index in [1.807, 2.05) is 14.7 Å². The van der Waals surface area contributed by atoms with Crippen LogP contribution in [0.5, 0.6) is 0 Å². The highest BCUT2D eigenvalue weighted by Crippen LogP contribution is 2.55. The van der Waals surface area contributed by atoms with Gasteiger partial charge < -0.3 is 19.6 Å². The van der Waals surface area contributed by atoms with Crippen molar-refractivity contribution < 1.29 is 19.2 Å². The van der Waals surface area contributed by atoms with Gasteiger partial charge >= 0.3 is 0 Å². The maximum absolute atomic E-state index is 15.8. The van der Waals surface area contributed by atoms with E-state index in [-0.39, 0.29) is 23.6 Å². The molecule has 4 atom stereocenters. The number of thiophene rings is 4. The Morgan fingerprint density at radius 3 is 1.14 bits per heavy atom. The van der Waals surface area contributed by atoms with Gasteiger partial charge in [-0.1, -0.05) is 216 Å². The summed E-state index contributed by atoms with van der Waals surface area (Å²) in [5.74, 6) is 1.30. The molecule has 0 saturated heterocycles. The van der Waals surface area contributed by atoms with Crippen LogP contribution in [0.25, 0.3) is 32.3 Å². The molecule has 4 aliphatic rings. The van der Waals surface area contributed by atoms with Crippen LogP contribution in [-0.4, -0.2) is 59.6 Å². The van der Waals surface area contributed by atoms with E-state index in [1.165, 1.54) is 83.5 Å². The molecule has 0 N–H and O–H groups in total. The molecule has 4 amide bonds. The molecule has 4 aromatic rings. The summed E-state index contributed by atoms with van der Waals surface area (Å²) in [5, 5.41) is 4.19. The van der Waals surface area contributed by atoms with Crippen LogP contribution in [-0.2, 0) is 19.2 Å². The summed E-state index contributed by atoms with van der Waals surface area (Å²) < 4.78 is 0. The Kier molecular flexibility index (Phi) is 27.4. The molecule has 8 heterocycles. The molecule has 0 bridgehead atoms. The molecule has 4 unspecified atom stereocenters. The number of hydrogen-bond acceptors (Lipinski definition) is 8. The monoisotopic (exact) mass is 1240 g/mol. The van der Waals surface area contributed by atoms with E-state index in [4.69, 9.17) is 0 Å². The van der Waals surface area contributed by atoms with Crippen molar-refractivity contribution in [2.24, 2.45) is 23.7 Å². The number of hydrogen-bond donors (Lipinski definition) is 0. The number of rotatable bonds is 43. The van der Waals surface area contributed by atoms with Crippen LogP contribution in [0.4, 0.5) is 11.4 Å². The minimum atomic E-state index is -0.0335. The van der Waals surface area contributed by atoms with Crippen LogP contribution in [0.15, 0.2) is 58.3 Å². The first-order chi connectivity index (χ1) is 42.1. The molecule has 0 spiro atoms. The largest absolute Gasteiger partial charge is 0.307 e. The fourth-order valence-corrected chi connectivity index (χ4v) is 18.2. The standard InChI is InChI=1S/C74H108N4O4S4/c1-9-17-25-29-38-53(34-21-13-5)49-75-57-45-47-84-69(57)65(73(75)81)66-70-58(76(74(66)82)50-54(35-22-14-6)39-30-26-18-10-2)48-62(86-70)59-43-44-61(85-59)68-64-63(71(79)78(68)52-56(37-24-16-8)41-32-28-20-12-4)67(60-42-33-46-83-60)77(72(64)80)51-55(36-23-15-7)40-31-27-19-11-3/h33,42-48,53-56H,9-32,34-41,49-52H2,1-8H3/b66-65-. The number of nitrogens with zero attached hydrogens (tertiary/aromatic N) is 4. The SMILES string of the molecule is CCCCCCC(CCCC)CN1C(=O)C2=C(c3ccc(-c4cc5c(s4)/C(=C4/C(=O)N(CC(CCCC)CCCCCC)c6ccsc64)C(=O)N5CC(CCCC)CCCCCC)s3)N(CC(CCCC)CCCCCC)C(=O)C2=C1c1cccs1. The van der Waals surface area contributed by atoms with Crippen molar-refractivity contribution in [1.82, 2.24) is 9.80 Å². The average Bonchev–Trinajstić information content (AvgIpc) is 1.59. The molecule has 0 radical (unpaired) electrons. The third kappa shape index (κ3) is 16.4. The molecular formula is C74H108N4O4S4. The number of anilines is 2. The zero-order chi connectivity index (χ0) is 61.0. The molecule has 0 saturated carbocycles. The smallest absolute Gasteiger partial charge is 0.261 e. The summed E-state index contributed by atoms with van der Waals surface area (Å²) in [6, 6.07) is 12.9. The number of unbranched alkanes of at least 4 members (excludes halogenated alkanes) is 16. The summed E-state index contributed by atoms with van der Waals surface area (Å²) in [5.41, 5.74) is 5.80. The van der Waals surface area contributed by atoms with Gasteiger partial charge in [0.2, 0.25) is 0 Å². The highest BCUT2D eigenvalue weighted by molar-refractivity contribution is 7.24. The fraction of sp³-hybridized carbons (Fsp3) is 0.649. The van der Waals surface area contributed by atoms with Crippen molar-refractivity contribution in [2.75, 3.05) is 36.0 Å². The fourth-order valence-electron chi connectivity index (χ4n) is 14.1. The maximum Gasteiger partial charge on any atom is 0.261 e. The molecule has 0 aromatic carbocycles. The van der Waals surface area contributed by atoms with E-state index in [2.05, 4.69) is 107 Å². The van der Waals surface area contributed by atoms with Gasteiger partial charge in [-0.2, -0.15) is 0 Å². The van der Waals surface area contributed by atoms with Gasteiger partial charge in [0, 0.05) is 35.9 Å². The van der Waals surface area contributed by atoms with E-state index in [1.54, 1.807) is 45.3 Å². The van der Waals surface area contributed by atoms with Crippen LogP contribution >= 0.6 is 45.3 Å². The molecule has 0 aliphatic carbocycles. The van der Waals surface area contributed by atoms with Crippen molar-refractivity contribution in [3.63, 3.8) is 0 Å². The van der Waals surface area contributed by atoms with Crippen LogP contribution in [0.1, 0.15) is 280 Å². The van der Waals surface area contributed by atoms with E-state index in [0.717, 1.165) is 174 Å². The van der Waals surface area contributed by atoms with Crippen molar-refractivity contribution >= 4 is 103 Å². The topological polar surface area (TPSA) is 81.2 Å². The lowest BCUT2D eigenvalue weighted by atomic mass is 9.94. The Morgan fingerprint density at radius 1 is 0.326 bits per heavy atom. The van der Waals surface area contributed by atoms with Crippen LogP contribution in [0, 0.1) is 23.7 Å². The summed E-state index contributed by atoms with van der Waals surface area (Å²) in [6.07, 6.45) is 36.7. The Balaban J connectivity index is 1.24. The van der Waals surface area contributed by atoms with Gasteiger partial charge in [-0.25, -0.2) is 0 Å². The summed E-state index contributed by atoms with van der Waals surface area (Å²) in [7, 11) is 0. The van der Waals surface area contributed by atoms with Gasteiger partial charge in [0.1, 0.15) is 0 Å². The molecule has 86 heavy (non-hydrogen) atoms. The molecule has 8 nitrogen and oxygen atoms in total. The van der Waals surface area contributed by atoms with Crippen molar-refractivity contribution in [2.45, 2.75) is 261 Å². The second-order valence-electron chi connectivity index (χ2n) is 25.9. The van der Waals surface area contributed by atoms with Gasteiger partial charge in [-0.15, -0.1) is 45.3 Å². The second kappa shape index (κ2) is 34.8. The number of amides is 4. The first-order valence-corrected chi connectivity index (χ1v) is 38.3. The lowest BCUT2D eigenvalue weighted by molar-refractivity contribution is -0.124. The highest BCUT2D eigenvalue weighted by Gasteiger charge is 2.51. The quantitative estimate of drug-likeness (QED) is 0.0327. The molecule has 4 aliphatic heterocycles. The summed E-state index contributed by atoms with van der Waals surface area (Å²) in [4.78, 5) is 76.6. The molecule has 4 aromatic heterocycles. The van der Waals surface area contributed by atoms with Gasteiger partial charge in [-0.3, -0.25) is 19.2 Å². The minimum absolute atomic E-state index is 0.0234. The third-order valence-electron chi connectivity index (χ3n) is 19.1. The first-order valence-electron chi connectivity index (χ1n) is 34.9. The second-order valence-corrected chi connectivity index (χ2v) is 29.9. The zero-order valence-electron chi connectivity index (χ0n) is 54.4. The van der Waals surface area contributed by atoms with Crippen LogP contribution < -0.4 is 9.80 Å². The van der Waals surface area contributed by atoms with Gasteiger partial charge in [0.15, 0.2) is 0 Å². The normalized spacial score (nSPS) is 17.4. The molecule has 12 heteroatoms. The minimum Gasteiger partial charge on any atom is -0.307 e. The van der Waals surface area contributed by atoms with E-state index >= 15 is 19.2 Å². The lowest BCUT2D eigenvalue weighted by Gasteiger charge is -2.29. The van der Waals surface area contributed by atoms with Crippen molar-refractivity contribution in [3.8, 4) is 9.75 Å². The number of carbonyl (C=O) groups is 4. The third-order valence-corrected chi connectivity index (χ3v) is 23.3. The maximum atomic E-state index is 15.8. The highest BCUT2D eigenvalue weighted by atomic mass is 32.1. The number of carbonyl (C=O) groups excluding carboxylic acids is 4. The molecule has 472 valence electrons. The lowest BCUT2D eigenvalue weighted by Crippen LogP contribution is -2.34. The predicted octanol–water partition coefficient (Wildman–Crippen LogP) is 22.1. The first kappa shape index (κ1) is 67.8. The van der Waals surface area contributed by atoms with Crippen molar-refractivity contribution in [3.05, 3.63) is 77.8 Å². The Bertz CT molecular complexity index is 2900. The molecule has 0 fully saturated rings. The van der Waals surface area contributed by atoms with E-state index in [0.29, 0.717) is 72.1 Å². The van der Waals surface area contributed by atoms with E-state index in [9.17, 15) is 0 Å². The molecule has 8 rings (SSSR count).